The lowest BCUT2D eigenvalue weighted by molar-refractivity contribution is 0.143. The van der Waals surface area contributed by atoms with Crippen molar-refractivity contribution in [3.63, 3.8) is 0 Å². The number of rotatable bonds is 1. The van der Waals surface area contributed by atoms with Crippen molar-refractivity contribution in [2.45, 2.75) is 19.4 Å². The van der Waals surface area contributed by atoms with Crippen molar-refractivity contribution in [2.75, 3.05) is 7.11 Å². The lowest BCUT2D eigenvalue weighted by atomic mass is 10.1. The molecule has 0 saturated heterocycles. The molecular formula is C14H14O2. The number of hydrogen-bond donors (Lipinski definition) is 1. The van der Waals surface area contributed by atoms with E-state index < -0.39 is 5.60 Å². The molecular weight excluding hydrogens is 200 g/mol. The Hall–Kier alpha value is -1.90. The van der Waals surface area contributed by atoms with Crippen LogP contribution in [0.25, 0.3) is 0 Å². The first-order valence-corrected chi connectivity index (χ1v) is 4.91. The van der Waals surface area contributed by atoms with Crippen molar-refractivity contribution >= 4 is 0 Å². The molecule has 0 aliphatic heterocycles. The van der Waals surface area contributed by atoms with Crippen LogP contribution >= 0.6 is 0 Å². The van der Waals surface area contributed by atoms with Gasteiger partial charge in [0.1, 0.15) is 11.4 Å². The van der Waals surface area contributed by atoms with E-state index in [1.165, 1.54) is 0 Å². The minimum atomic E-state index is -0.991. The quantitative estimate of drug-likeness (QED) is 0.723. The fourth-order valence-corrected chi connectivity index (χ4v) is 0.962. The highest BCUT2D eigenvalue weighted by atomic mass is 16.5. The first-order chi connectivity index (χ1) is 7.51. The van der Waals surface area contributed by atoms with Crippen LogP contribution in [0.15, 0.2) is 24.3 Å². The second-order valence-electron chi connectivity index (χ2n) is 3.79. The average Bonchev–Trinajstić information content (AvgIpc) is 2.24. The third kappa shape index (κ3) is 4.55. The molecule has 0 aliphatic rings. The lowest BCUT2D eigenvalue weighted by Crippen LogP contribution is -2.14. The van der Waals surface area contributed by atoms with Gasteiger partial charge in [0.2, 0.25) is 0 Å². The van der Waals surface area contributed by atoms with Gasteiger partial charge in [0.25, 0.3) is 0 Å². The zero-order valence-electron chi connectivity index (χ0n) is 9.66. The number of hydrogen-bond acceptors (Lipinski definition) is 2. The molecule has 0 spiro atoms. The summed E-state index contributed by atoms with van der Waals surface area (Å²) in [6.07, 6.45) is 0. The summed E-state index contributed by atoms with van der Waals surface area (Å²) in [5.74, 6) is 11.6. The molecule has 1 aromatic carbocycles. The summed E-state index contributed by atoms with van der Waals surface area (Å²) in [7, 11) is 1.62. The maximum Gasteiger partial charge on any atom is 0.120 e. The number of methoxy groups -OCH3 is 1. The van der Waals surface area contributed by atoms with E-state index in [2.05, 4.69) is 23.7 Å². The Morgan fingerprint density at radius 2 is 1.75 bits per heavy atom. The van der Waals surface area contributed by atoms with Crippen molar-refractivity contribution in [1.82, 2.24) is 0 Å². The van der Waals surface area contributed by atoms with Crippen LogP contribution in [0.3, 0.4) is 0 Å². The highest BCUT2D eigenvalue weighted by Crippen LogP contribution is 2.09. The van der Waals surface area contributed by atoms with E-state index in [-0.39, 0.29) is 0 Å². The fraction of sp³-hybridized carbons (Fsp3) is 0.286. The Morgan fingerprint density at radius 1 is 1.12 bits per heavy atom. The highest BCUT2D eigenvalue weighted by Gasteiger charge is 2.04. The Morgan fingerprint density at radius 3 is 2.25 bits per heavy atom. The first kappa shape index (κ1) is 12.2. The lowest BCUT2D eigenvalue weighted by Gasteiger charge is -2.04. The molecule has 0 radical (unpaired) electrons. The van der Waals surface area contributed by atoms with E-state index in [4.69, 9.17) is 4.74 Å². The van der Waals surface area contributed by atoms with Crippen LogP contribution in [0.2, 0.25) is 0 Å². The first-order valence-electron chi connectivity index (χ1n) is 4.91. The molecule has 0 heterocycles. The zero-order chi connectivity index (χ0) is 12.0. The predicted molar refractivity (Wildman–Crippen MR) is 63.9 cm³/mol. The van der Waals surface area contributed by atoms with Gasteiger partial charge in [-0.3, -0.25) is 0 Å². The third-order valence-electron chi connectivity index (χ3n) is 1.73. The number of aliphatic hydroxyl groups is 1. The maximum absolute atomic E-state index is 9.33. The molecule has 82 valence electrons. The molecule has 2 heteroatoms. The highest BCUT2D eigenvalue weighted by molar-refractivity contribution is 5.42. The molecule has 0 unspecified atom stereocenters. The van der Waals surface area contributed by atoms with Gasteiger partial charge in [-0.1, -0.05) is 11.8 Å². The van der Waals surface area contributed by atoms with Gasteiger partial charge in [0, 0.05) is 5.56 Å². The molecule has 0 saturated carbocycles. The molecule has 0 aliphatic carbocycles. The molecule has 0 amide bonds. The van der Waals surface area contributed by atoms with E-state index in [1.807, 2.05) is 24.3 Å². The van der Waals surface area contributed by atoms with Crippen LogP contribution < -0.4 is 4.74 Å². The van der Waals surface area contributed by atoms with Crippen LogP contribution in [0.1, 0.15) is 19.4 Å². The van der Waals surface area contributed by atoms with Gasteiger partial charge in [0.15, 0.2) is 0 Å². The predicted octanol–water partition coefficient (Wildman–Crippen LogP) is 1.82. The fourth-order valence-electron chi connectivity index (χ4n) is 0.962. The van der Waals surface area contributed by atoms with Crippen LogP contribution in [0.5, 0.6) is 5.75 Å². The van der Waals surface area contributed by atoms with Crippen molar-refractivity contribution < 1.29 is 9.84 Å². The van der Waals surface area contributed by atoms with Gasteiger partial charge >= 0.3 is 0 Å². The summed E-state index contributed by atoms with van der Waals surface area (Å²) >= 11 is 0. The van der Waals surface area contributed by atoms with Gasteiger partial charge in [-0.2, -0.15) is 0 Å². The van der Waals surface area contributed by atoms with Crippen molar-refractivity contribution in [1.29, 1.82) is 0 Å². The molecule has 0 fully saturated rings. The van der Waals surface area contributed by atoms with Crippen molar-refractivity contribution in [3.8, 4) is 29.4 Å². The molecule has 1 aromatic rings. The van der Waals surface area contributed by atoms with E-state index in [0.717, 1.165) is 11.3 Å². The molecule has 16 heavy (non-hydrogen) atoms. The van der Waals surface area contributed by atoms with Crippen LogP contribution in [-0.2, 0) is 0 Å². The molecule has 0 bridgehead atoms. The van der Waals surface area contributed by atoms with E-state index in [9.17, 15) is 5.11 Å². The Labute approximate surface area is 96.3 Å². The Balaban J connectivity index is 2.73. The normalized spacial score (nSPS) is 9.50. The molecule has 0 atom stereocenters. The second kappa shape index (κ2) is 5.26. The second-order valence-corrected chi connectivity index (χ2v) is 3.79. The monoisotopic (exact) mass is 214 g/mol. The number of ether oxygens (including phenoxy) is 1. The van der Waals surface area contributed by atoms with Crippen LogP contribution in [-0.4, -0.2) is 17.8 Å². The van der Waals surface area contributed by atoms with Gasteiger partial charge in [0.05, 0.1) is 7.11 Å². The van der Waals surface area contributed by atoms with Crippen molar-refractivity contribution in [3.05, 3.63) is 29.8 Å². The third-order valence-corrected chi connectivity index (χ3v) is 1.73. The van der Waals surface area contributed by atoms with Crippen LogP contribution in [0, 0.1) is 23.7 Å². The van der Waals surface area contributed by atoms with Gasteiger partial charge < -0.3 is 9.84 Å². The summed E-state index contributed by atoms with van der Waals surface area (Å²) in [5.41, 5.74) is -0.125. The Kier molecular flexibility index (Phi) is 4.00. The molecule has 2 nitrogen and oxygen atoms in total. The zero-order valence-corrected chi connectivity index (χ0v) is 9.66. The summed E-state index contributed by atoms with van der Waals surface area (Å²) in [4.78, 5) is 0. The Bertz CT molecular complexity index is 456. The summed E-state index contributed by atoms with van der Waals surface area (Å²) in [6.45, 7) is 3.24. The summed E-state index contributed by atoms with van der Waals surface area (Å²) in [5, 5.41) is 9.33. The summed E-state index contributed by atoms with van der Waals surface area (Å²) < 4.78 is 5.03. The molecule has 0 aromatic heterocycles. The number of benzene rings is 1. The van der Waals surface area contributed by atoms with E-state index in [1.54, 1.807) is 21.0 Å². The topological polar surface area (TPSA) is 29.5 Å². The largest absolute Gasteiger partial charge is 0.497 e. The van der Waals surface area contributed by atoms with Gasteiger partial charge in [-0.15, -0.1) is 0 Å². The standard InChI is InChI=1S/C14H14O2/c1-14(2,15)11-5-4-6-12-7-9-13(16-3)10-8-12/h7-10,15H,1-3H3. The van der Waals surface area contributed by atoms with Crippen molar-refractivity contribution in [2.24, 2.45) is 0 Å². The molecule has 1 N–H and O–H groups in total. The van der Waals surface area contributed by atoms with Gasteiger partial charge in [-0.05, 0) is 50.0 Å². The molecule has 1 rings (SSSR count). The van der Waals surface area contributed by atoms with E-state index >= 15 is 0 Å². The smallest absolute Gasteiger partial charge is 0.120 e. The maximum atomic E-state index is 9.33. The minimum Gasteiger partial charge on any atom is -0.497 e. The average molecular weight is 214 g/mol. The van der Waals surface area contributed by atoms with Crippen LogP contribution in [0.4, 0.5) is 0 Å². The van der Waals surface area contributed by atoms with Gasteiger partial charge in [-0.25, -0.2) is 0 Å². The summed E-state index contributed by atoms with van der Waals surface area (Å²) in [6, 6.07) is 7.40. The SMILES string of the molecule is COc1ccc(C#CC#CC(C)(C)O)cc1. The van der Waals surface area contributed by atoms with E-state index in [0.29, 0.717) is 0 Å². The minimum absolute atomic E-state index is 0.799.